The molecule has 1 unspecified atom stereocenters. The lowest BCUT2D eigenvalue weighted by molar-refractivity contribution is 0.156. The molecule has 0 amide bonds. The number of likely N-dealkylation sites (tertiary alicyclic amines) is 1. The van der Waals surface area contributed by atoms with Crippen LogP contribution in [0.4, 0.5) is 0 Å². The van der Waals surface area contributed by atoms with Crippen molar-refractivity contribution < 1.29 is 9.26 Å². The van der Waals surface area contributed by atoms with Crippen LogP contribution in [-0.2, 0) is 11.3 Å². The second-order valence-corrected chi connectivity index (χ2v) is 7.60. The fourth-order valence-corrected chi connectivity index (χ4v) is 3.91. The molecule has 2 saturated heterocycles. The Hall–Kier alpha value is -1.39. The molecule has 0 radical (unpaired) electrons. The first kappa shape index (κ1) is 21.3. The zero-order valence-electron chi connectivity index (χ0n) is 15.9. The van der Waals surface area contributed by atoms with Gasteiger partial charge in [0.2, 0.25) is 11.7 Å². The summed E-state index contributed by atoms with van der Waals surface area (Å²) in [6.07, 6.45) is 2.28. The molecule has 0 bridgehead atoms. The van der Waals surface area contributed by atoms with Gasteiger partial charge in [0, 0.05) is 42.2 Å². The molecule has 0 aliphatic carbocycles. The lowest BCUT2D eigenvalue weighted by Gasteiger charge is -2.24. The van der Waals surface area contributed by atoms with Crippen LogP contribution in [0.5, 0.6) is 0 Å². The lowest BCUT2D eigenvalue weighted by Crippen LogP contribution is -2.41. The van der Waals surface area contributed by atoms with Crippen molar-refractivity contribution in [3.05, 3.63) is 35.2 Å². The van der Waals surface area contributed by atoms with E-state index < -0.39 is 0 Å². The van der Waals surface area contributed by atoms with Crippen LogP contribution in [0.2, 0.25) is 5.02 Å². The summed E-state index contributed by atoms with van der Waals surface area (Å²) in [4.78, 5) is 11.5. The molecule has 1 atom stereocenters. The second kappa shape index (κ2) is 9.41. The Morgan fingerprint density at radius 1 is 1.39 bits per heavy atom. The highest BCUT2D eigenvalue weighted by Gasteiger charge is 2.42. The Balaban J connectivity index is 0.00000225. The van der Waals surface area contributed by atoms with Crippen molar-refractivity contribution in [2.45, 2.75) is 26.3 Å². The molecule has 1 spiro atoms. The fraction of sp³-hybridized carbons (Fsp3) is 0.526. The fourth-order valence-electron chi connectivity index (χ4n) is 3.72. The van der Waals surface area contributed by atoms with Gasteiger partial charge in [0.1, 0.15) is 6.54 Å². The second-order valence-electron chi connectivity index (χ2n) is 7.17. The predicted octanol–water partition coefficient (Wildman–Crippen LogP) is 3.59. The SMILES string of the molecule is CCNC(=NCc1nc(-c2cccc(Cl)c2)no1)N1CCC2(CCOC2)C1.I. The van der Waals surface area contributed by atoms with Crippen molar-refractivity contribution in [1.82, 2.24) is 20.4 Å². The number of hydrogen-bond donors (Lipinski definition) is 1. The van der Waals surface area contributed by atoms with Gasteiger partial charge in [-0.25, -0.2) is 4.99 Å². The van der Waals surface area contributed by atoms with Gasteiger partial charge in [-0.1, -0.05) is 28.9 Å². The molecule has 2 fully saturated rings. The molecule has 152 valence electrons. The topological polar surface area (TPSA) is 75.8 Å². The van der Waals surface area contributed by atoms with Crippen molar-refractivity contribution in [2.75, 3.05) is 32.8 Å². The van der Waals surface area contributed by atoms with Gasteiger partial charge in [0.25, 0.3) is 0 Å². The van der Waals surface area contributed by atoms with Gasteiger partial charge in [-0.3, -0.25) is 0 Å². The first-order valence-electron chi connectivity index (χ1n) is 9.37. The number of aliphatic imine (C=N–C) groups is 1. The molecule has 1 aromatic carbocycles. The van der Waals surface area contributed by atoms with Crippen LogP contribution in [0.3, 0.4) is 0 Å². The summed E-state index contributed by atoms with van der Waals surface area (Å²) in [6.45, 7) is 6.94. The van der Waals surface area contributed by atoms with E-state index >= 15 is 0 Å². The van der Waals surface area contributed by atoms with Crippen molar-refractivity contribution >= 4 is 41.5 Å². The first-order valence-corrected chi connectivity index (χ1v) is 9.75. The number of guanidine groups is 1. The van der Waals surface area contributed by atoms with Crippen LogP contribution < -0.4 is 5.32 Å². The van der Waals surface area contributed by atoms with Crippen molar-refractivity contribution in [3.8, 4) is 11.4 Å². The average molecular weight is 518 g/mol. The highest BCUT2D eigenvalue weighted by atomic mass is 127. The summed E-state index contributed by atoms with van der Waals surface area (Å²) >= 11 is 6.03. The zero-order valence-corrected chi connectivity index (χ0v) is 18.9. The van der Waals surface area contributed by atoms with Crippen LogP contribution in [0, 0.1) is 5.41 Å². The van der Waals surface area contributed by atoms with E-state index in [0.29, 0.717) is 28.7 Å². The highest BCUT2D eigenvalue weighted by molar-refractivity contribution is 14.0. The minimum atomic E-state index is 0. The first-order chi connectivity index (χ1) is 13.2. The Kier molecular flexibility index (Phi) is 7.16. The number of halogens is 2. The summed E-state index contributed by atoms with van der Waals surface area (Å²) < 4.78 is 11.0. The summed E-state index contributed by atoms with van der Waals surface area (Å²) in [6, 6.07) is 7.40. The molecule has 28 heavy (non-hydrogen) atoms. The Morgan fingerprint density at radius 3 is 3.04 bits per heavy atom. The van der Waals surface area contributed by atoms with E-state index in [0.717, 1.165) is 57.2 Å². The molecule has 7 nitrogen and oxygen atoms in total. The molecule has 9 heteroatoms. The third-order valence-corrected chi connectivity index (χ3v) is 5.41. The third kappa shape index (κ3) is 4.77. The normalized spacial score (nSPS) is 21.9. The molecule has 1 N–H and O–H groups in total. The third-order valence-electron chi connectivity index (χ3n) is 5.17. The van der Waals surface area contributed by atoms with Gasteiger partial charge < -0.3 is 19.5 Å². The van der Waals surface area contributed by atoms with E-state index in [2.05, 4.69) is 27.3 Å². The van der Waals surface area contributed by atoms with E-state index in [1.165, 1.54) is 0 Å². The zero-order chi connectivity index (χ0) is 18.7. The maximum Gasteiger partial charge on any atom is 0.248 e. The molecular weight excluding hydrogens is 493 g/mol. The molecule has 2 aromatic rings. The van der Waals surface area contributed by atoms with E-state index in [-0.39, 0.29) is 24.0 Å². The van der Waals surface area contributed by atoms with Gasteiger partial charge >= 0.3 is 0 Å². The minimum absolute atomic E-state index is 0. The summed E-state index contributed by atoms with van der Waals surface area (Å²) in [7, 11) is 0. The van der Waals surface area contributed by atoms with Crippen molar-refractivity contribution in [3.63, 3.8) is 0 Å². The van der Waals surface area contributed by atoms with E-state index in [1.54, 1.807) is 0 Å². The van der Waals surface area contributed by atoms with Crippen LogP contribution >= 0.6 is 35.6 Å². The number of nitrogens with zero attached hydrogens (tertiary/aromatic N) is 4. The van der Waals surface area contributed by atoms with Gasteiger partial charge in [0.05, 0.1) is 6.61 Å². The summed E-state index contributed by atoms with van der Waals surface area (Å²) in [5.74, 6) is 1.90. The molecule has 3 heterocycles. The van der Waals surface area contributed by atoms with Crippen LogP contribution in [0.1, 0.15) is 25.7 Å². The quantitative estimate of drug-likeness (QED) is 0.380. The maximum absolute atomic E-state index is 6.03. The molecule has 2 aliphatic rings. The van der Waals surface area contributed by atoms with Gasteiger partial charge in [-0.15, -0.1) is 24.0 Å². The monoisotopic (exact) mass is 517 g/mol. The summed E-state index contributed by atoms with van der Waals surface area (Å²) in [5, 5.41) is 8.06. The number of hydrogen-bond acceptors (Lipinski definition) is 5. The molecule has 0 saturated carbocycles. The Labute approximate surface area is 186 Å². The number of benzene rings is 1. The minimum Gasteiger partial charge on any atom is -0.381 e. The van der Waals surface area contributed by atoms with Gasteiger partial charge in [-0.2, -0.15) is 4.98 Å². The van der Waals surface area contributed by atoms with E-state index in [9.17, 15) is 0 Å². The highest BCUT2D eigenvalue weighted by Crippen LogP contribution is 2.38. The van der Waals surface area contributed by atoms with Crippen LogP contribution in [-0.4, -0.2) is 53.8 Å². The van der Waals surface area contributed by atoms with E-state index in [4.69, 9.17) is 25.9 Å². The number of aromatic nitrogens is 2. The molecule has 4 rings (SSSR count). The van der Waals surface area contributed by atoms with Crippen LogP contribution in [0.25, 0.3) is 11.4 Å². The van der Waals surface area contributed by atoms with Gasteiger partial charge in [0.15, 0.2) is 5.96 Å². The summed E-state index contributed by atoms with van der Waals surface area (Å²) in [5.41, 5.74) is 1.12. The Bertz CT molecular complexity index is 822. The van der Waals surface area contributed by atoms with Gasteiger partial charge in [-0.05, 0) is 31.9 Å². The number of ether oxygens (including phenoxy) is 1. The van der Waals surface area contributed by atoms with E-state index in [1.807, 2.05) is 24.3 Å². The number of nitrogens with one attached hydrogen (secondary N) is 1. The molecular formula is C19H25ClIN5O2. The predicted molar refractivity (Wildman–Crippen MR) is 119 cm³/mol. The Morgan fingerprint density at radius 2 is 2.29 bits per heavy atom. The van der Waals surface area contributed by atoms with Crippen molar-refractivity contribution in [1.29, 1.82) is 0 Å². The smallest absolute Gasteiger partial charge is 0.248 e. The van der Waals surface area contributed by atoms with Crippen molar-refractivity contribution in [2.24, 2.45) is 10.4 Å². The molecule has 2 aliphatic heterocycles. The largest absolute Gasteiger partial charge is 0.381 e. The number of rotatable bonds is 4. The maximum atomic E-state index is 6.03. The standard InChI is InChI=1S/C19H24ClN5O2.HI/c1-2-21-18(25-8-6-19(12-25)7-9-26-13-19)22-11-16-23-17(24-27-16)14-4-3-5-15(20)10-14;/h3-5,10H,2,6-9,11-13H2,1H3,(H,21,22);1H. The van der Waals surface area contributed by atoms with Crippen LogP contribution in [0.15, 0.2) is 33.8 Å². The lowest BCUT2D eigenvalue weighted by atomic mass is 9.87. The molecule has 1 aromatic heterocycles. The average Bonchev–Trinajstić information content (AvgIpc) is 3.41.